The van der Waals surface area contributed by atoms with Gasteiger partial charge in [0.25, 0.3) is 15.9 Å². The summed E-state index contributed by atoms with van der Waals surface area (Å²) in [6.07, 6.45) is 0. The van der Waals surface area contributed by atoms with Gasteiger partial charge in [0.2, 0.25) is 0 Å². The van der Waals surface area contributed by atoms with Gasteiger partial charge < -0.3 is 14.8 Å². The number of ether oxygens (including phenoxy) is 2. The molecule has 3 aromatic carbocycles. The number of carbonyl (C=O) groups is 1. The van der Waals surface area contributed by atoms with Crippen LogP contribution >= 0.6 is 0 Å². The molecule has 0 saturated heterocycles. The Morgan fingerprint density at radius 1 is 0.853 bits per heavy atom. The lowest BCUT2D eigenvalue weighted by atomic mass is 10.1. The maximum atomic E-state index is 13.1. The smallest absolute Gasteiger partial charge is 0.262 e. The van der Waals surface area contributed by atoms with E-state index >= 15 is 0 Å². The molecule has 0 radical (unpaired) electrons. The first kappa shape index (κ1) is 25.1. The molecule has 0 aliphatic rings. The normalized spacial score (nSPS) is 12.1. The highest BCUT2D eigenvalue weighted by atomic mass is 32.2. The van der Waals surface area contributed by atoms with Gasteiger partial charge in [-0.05, 0) is 86.3 Å². The average molecular weight is 483 g/mol. The molecule has 2 N–H and O–H groups in total. The van der Waals surface area contributed by atoms with E-state index in [-0.39, 0.29) is 22.4 Å². The minimum Gasteiger partial charge on any atom is -0.493 e. The number of rotatable bonds is 8. The second-order valence-electron chi connectivity index (χ2n) is 8.27. The number of amides is 1. The van der Waals surface area contributed by atoms with Crippen LogP contribution in [0.5, 0.6) is 11.5 Å². The molecule has 1 amide bonds. The van der Waals surface area contributed by atoms with E-state index in [0.29, 0.717) is 22.7 Å². The molecule has 1 unspecified atom stereocenters. The fraction of sp³-hybridized carbons (Fsp3) is 0.269. The highest BCUT2D eigenvalue weighted by Gasteiger charge is 2.21. The third kappa shape index (κ3) is 5.69. The topological polar surface area (TPSA) is 93.7 Å². The SMILES string of the molecule is COc1ccc(C(C)NC(=O)c2ccc(C)c(S(=O)(=O)Nc3cc(C)cc(C)c3)c2)cc1OC. The highest BCUT2D eigenvalue weighted by molar-refractivity contribution is 7.92. The Kier molecular flexibility index (Phi) is 7.51. The number of nitrogens with one attached hydrogen (secondary N) is 2. The summed E-state index contributed by atoms with van der Waals surface area (Å²) in [5, 5.41) is 2.91. The van der Waals surface area contributed by atoms with E-state index < -0.39 is 10.0 Å². The van der Waals surface area contributed by atoms with Crippen molar-refractivity contribution in [2.75, 3.05) is 18.9 Å². The van der Waals surface area contributed by atoms with E-state index in [9.17, 15) is 13.2 Å². The van der Waals surface area contributed by atoms with Gasteiger partial charge in [0, 0.05) is 11.3 Å². The lowest BCUT2D eigenvalue weighted by molar-refractivity contribution is 0.0939. The summed E-state index contributed by atoms with van der Waals surface area (Å²) in [5.41, 5.74) is 4.00. The zero-order chi connectivity index (χ0) is 25.0. The summed E-state index contributed by atoms with van der Waals surface area (Å²) >= 11 is 0. The molecule has 0 bridgehead atoms. The highest BCUT2D eigenvalue weighted by Crippen LogP contribution is 2.30. The van der Waals surface area contributed by atoms with Crippen LogP contribution in [0.4, 0.5) is 5.69 Å². The lowest BCUT2D eigenvalue weighted by Gasteiger charge is -2.17. The van der Waals surface area contributed by atoms with Gasteiger partial charge in [0.15, 0.2) is 11.5 Å². The average Bonchev–Trinajstić information content (AvgIpc) is 2.77. The molecule has 0 fully saturated rings. The molecule has 0 aliphatic carbocycles. The summed E-state index contributed by atoms with van der Waals surface area (Å²) in [6.45, 7) is 7.35. The molecular weight excluding hydrogens is 452 g/mol. The number of benzene rings is 3. The molecule has 3 aromatic rings. The Hall–Kier alpha value is -3.52. The molecule has 0 aliphatic heterocycles. The van der Waals surface area contributed by atoms with E-state index in [4.69, 9.17) is 9.47 Å². The van der Waals surface area contributed by atoms with Crippen LogP contribution in [0.2, 0.25) is 0 Å². The maximum absolute atomic E-state index is 13.1. The summed E-state index contributed by atoms with van der Waals surface area (Å²) < 4.78 is 39.5. The Labute approximate surface area is 201 Å². The Bertz CT molecular complexity index is 1300. The molecule has 7 nitrogen and oxygen atoms in total. The number of carbonyl (C=O) groups excluding carboxylic acids is 1. The van der Waals surface area contributed by atoms with Gasteiger partial charge in [-0.25, -0.2) is 8.42 Å². The Balaban J connectivity index is 1.84. The van der Waals surface area contributed by atoms with Crippen molar-refractivity contribution in [1.82, 2.24) is 5.32 Å². The minimum atomic E-state index is -3.89. The maximum Gasteiger partial charge on any atom is 0.262 e. The first-order valence-corrected chi connectivity index (χ1v) is 12.3. The molecular formula is C26H30N2O5S. The number of methoxy groups -OCH3 is 2. The van der Waals surface area contributed by atoms with Crippen molar-refractivity contribution >= 4 is 21.6 Å². The van der Waals surface area contributed by atoms with Gasteiger partial charge in [0.1, 0.15) is 0 Å². The van der Waals surface area contributed by atoms with Crippen molar-refractivity contribution in [1.29, 1.82) is 0 Å². The molecule has 34 heavy (non-hydrogen) atoms. The standard InChI is InChI=1S/C26H30N2O5S/c1-16-11-17(2)13-22(12-16)28-34(30,31)25-15-21(8-7-18(25)3)26(29)27-19(4)20-9-10-23(32-5)24(14-20)33-6/h7-15,19,28H,1-6H3,(H,27,29). The molecule has 8 heteroatoms. The van der Waals surface area contributed by atoms with Gasteiger partial charge in [-0.15, -0.1) is 0 Å². The van der Waals surface area contributed by atoms with E-state index in [1.165, 1.54) is 6.07 Å². The molecule has 0 saturated carbocycles. The summed E-state index contributed by atoms with van der Waals surface area (Å²) in [5.74, 6) is 0.766. The molecule has 3 rings (SSSR count). The second-order valence-corrected chi connectivity index (χ2v) is 9.92. The third-order valence-corrected chi connectivity index (χ3v) is 6.99. The van der Waals surface area contributed by atoms with Crippen molar-refractivity contribution in [2.45, 2.75) is 38.6 Å². The zero-order valence-corrected chi connectivity index (χ0v) is 21.0. The van der Waals surface area contributed by atoms with Gasteiger partial charge in [-0.3, -0.25) is 9.52 Å². The van der Waals surface area contributed by atoms with Crippen LogP contribution in [0.3, 0.4) is 0 Å². The van der Waals surface area contributed by atoms with Crippen LogP contribution in [0, 0.1) is 20.8 Å². The minimum absolute atomic E-state index is 0.0538. The van der Waals surface area contributed by atoms with Gasteiger partial charge in [-0.1, -0.05) is 18.2 Å². The van der Waals surface area contributed by atoms with E-state index in [0.717, 1.165) is 16.7 Å². The predicted octanol–water partition coefficient (Wildman–Crippen LogP) is 4.92. The number of hydrogen-bond acceptors (Lipinski definition) is 5. The van der Waals surface area contributed by atoms with Gasteiger partial charge in [-0.2, -0.15) is 0 Å². The van der Waals surface area contributed by atoms with Crippen molar-refractivity contribution in [3.8, 4) is 11.5 Å². The number of aryl methyl sites for hydroxylation is 3. The monoisotopic (exact) mass is 482 g/mol. The Morgan fingerprint density at radius 2 is 1.50 bits per heavy atom. The molecule has 0 aromatic heterocycles. The molecule has 1 atom stereocenters. The van der Waals surface area contributed by atoms with Crippen molar-refractivity contribution in [2.24, 2.45) is 0 Å². The van der Waals surface area contributed by atoms with E-state index in [1.54, 1.807) is 57.5 Å². The van der Waals surface area contributed by atoms with Crippen LogP contribution in [0.1, 0.15) is 45.6 Å². The number of anilines is 1. The van der Waals surface area contributed by atoms with E-state index in [2.05, 4.69) is 10.0 Å². The molecule has 0 spiro atoms. The fourth-order valence-electron chi connectivity index (χ4n) is 3.76. The fourth-order valence-corrected chi connectivity index (χ4v) is 5.07. The van der Waals surface area contributed by atoms with Gasteiger partial charge in [0.05, 0.1) is 25.2 Å². The second kappa shape index (κ2) is 10.2. The predicted molar refractivity (Wildman–Crippen MR) is 133 cm³/mol. The zero-order valence-electron chi connectivity index (χ0n) is 20.2. The van der Waals surface area contributed by atoms with Gasteiger partial charge >= 0.3 is 0 Å². The van der Waals surface area contributed by atoms with Crippen molar-refractivity contribution in [3.05, 3.63) is 82.4 Å². The van der Waals surface area contributed by atoms with Crippen molar-refractivity contribution in [3.63, 3.8) is 0 Å². The van der Waals surface area contributed by atoms with Crippen LogP contribution < -0.4 is 19.5 Å². The van der Waals surface area contributed by atoms with Crippen LogP contribution in [0.15, 0.2) is 59.5 Å². The van der Waals surface area contributed by atoms with Crippen LogP contribution in [0.25, 0.3) is 0 Å². The Morgan fingerprint density at radius 3 is 2.12 bits per heavy atom. The summed E-state index contributed by atoms with van der Waals surface area (Å²) in [6, 6.07) is 15.2. The molecule has 180 valence electrons. The first-order chi connectivity index (χ1) is 16.0. The number of sulfonamides is 1. The summed E-state index contributed by atoms with van der Waals surface area (Å²) in [4.78, 5) is 13.0. The largest absolute Gasteiger partial charge is 0.493 e. The lowest BCUT2D eigenvalue weighted by Crippen LogP contribution is -2.27. The van der Waals surface area contributed by atoms with E-state index in [1.807, 2.05) is 32.9 Å². The third-order valence-electron chi connectivity index (χ3n) is 5.47. The molecule has 0 heterocycles. The summed E-state index contributed by atoms with van der Waals surface area (Å²) in [7, 11) is -0.788. The van der Waals surface area contributed by atoms with Crippen LogP contribution in [-0.2, 0) is 10.0 Å². The quantitative estimate of drug-likeness (QED) is 0.475. The van der Waals surface area contributed by atoms with Crippen LogP contribution in [-0.4, -0.2) is 28.5 Å². The first-order valence-electron chi connectivity index (χ1n) is 10.8. The van der Waals surface area contributed by atoms with Crippen molar-refractivity contribution < 1.29 is 22.7 Å². The number of hydrogen-bond donors (Lipinski definition) is 2.